The molecule has 1 heterocycles. The number of benzene rings is 2. The van der Waals surface area contributed by atoms with E-state index in [0.29, 0.717) is 15.9 Å². The van der Waals surface area contributed by atoms with Crippen LogP contribution >= 0.6 is 23.4 Å². The van der Waals surface area contributed by atoms with E-state index in [2.05, 4.69) is 10.2 Å². The standard InChI is InChI=1S/C17H14ClN3OS/c1-12(13-7-9-14(18)10-8-13)19-20-17-21(16(22)11-23-17)15-5-3-2-4-6-15/h2-10H,11H2,1H3. The molecule has 3 rings (SSSR count). The molecule has 1 aliphatic rings. The fourth-order valence-corrected chi connectivity index (χ4v) is 3.08. The monoisotopic (exact) mass is 343 g/mol. The highest BCUT2D eigenvalue weighted by Crippen LogP contribution is 2.26. The van der Waals surface area contributed by atoms with Gasteiger partial charge in [0.2, 0.25) is 5.91 Å². The van der Waals surface area contributed by atoms with Crippen LogP contribution in [0.1, 0.15) is 12.5 Å². The van der Waals surface area contributed by atoms with E-state index in [1.165, 1.54) is 11.8 Å². The minimum Gasteiger partial charge on any atom is -0.273 e. The Morgan fingerprint density at radius 2 is 1.83 bits per heavy atom. The third kappa shape index (κ3) is 3.63. The molecular weight excluding hydrogens is 330 g/mol. The Kier molecular flexibility index (Phi) is 4.79. The summed E-state index contributed by atoms with van der Waals surface area (Å²) in [6.45, 7) is 1.88. The number of amidine groups is 1. The third-order valence-electron chi connectivity index (χ3n) is 3.33. The first kappa shape index (κ1) is 15.8. The van der Waals surface area contributed by atoms with Crippen LogP contribution in [0.25, 0.3) is 0 Å². The molecule has 1 fully saturated rings. The number of para-hydroxylation sites is 1. The molecule has 23 heavy (non-hydrogen) atoms. The van der Waals surface area contributed by atoms with Crippen LogP contribution in [0.15, 0.2) is 64.8 Å². The molecule has 0 spiro atoms. The molecule has 0 saturated carbocycles. The van der Waals surface area contributed by atoms with E-state index < -0.39 is 0 Å². The van der Waals surface area contributed by atoms with E-state index in [4.69, 9.17) is 11.6 Å². The molecule has 116 valence electrons. The highest BCUT2D eigenvalue weighted by molar-refractivity contribution is 8.15. The third-order valence-corrected chi connectivity index (χ3v) is 4.49. The minimum absolute atomic E-state index is 0.0132. The number of halogens is 1. The zero-order valence-electron chi connectivity index (χ0n) is 12.4. The van der Waals surface area contributed by atoms with Crippen LogP contribution in [0.2, 0.25) is 5.02 Å². The Bertz CT molecular complexity index is 772. The maximum absolute atomic E-state index is 12.1. The summed E-state index contributed by atoms with van der Waals surface area (Å²) in [5, 5.41) is 9.81. The van der Waals surface area contributed by atoms with Crippen LogP contribution in [-0.2, 0) is 4.79 Å². The van der Waals surface area contributed by atoms with Gasteiger partial charge in [0, 0.05) is 5.02 Å². The Morgan fingerprint density at radius 3 is 2.52 bits per heavy atom. The lowest BCUT2D eigenvalue weighted by atomic mass is 10.1. The van der Waals surface area contributed by atoms with Crippen molar-refractivity contribution in [1.29, 1.82) is 0 Å². The topological polar surface area (TPSA) is 45.0 Å². The smallest absolute Gasteiger partial charge is 0.243 e. The average molecular weight is 344 g/mol. The van der Waals surface area contributed by atoms with Crippen LogP contribution in [0.5, 0.6) is 0 Å². The molecule has 1 amide bonds. The van der Waals surface area contributed by atoms with E-state index in [0.717, 1.165) is 17.0 Å². The van der Waals surface area contributed by atoms with Crippen LogP contribution in [0.4, 0.5) is 5.69 Å². The van der Waals surface area contributed by atoms with Gasteiger partial charge in [-0.25, -0.2) is 0 Å². The predicted molar refractivity (Wildman–Crippen MR) is 97.5 cm³/mol. The summed E-state index contributed by atoms with van der Waals surface area (Å²) in [4.78, 5) is 13.7. The summed E-state index contributed by atoms with van der Waals surface area (Å²) in [6.07, 6.45) is 0. The van der Waals surface area contributed by atoms with Crippen molar-refractivity contribution in [3.05, 3.63) is 65.2 Å². The number of thioether (sulfide) groups is 1. The van der Waals surface area contributed by atoms with Gasteiger partial charge in [0.15, 0.2) is 5.17 Å². The summed E-state index contributed by atoms with van der Waals surface area (Å²) in [5.41, 5.74) is 2.52. The lowest BCUT2D eigenvalue weighted by Gasteiger charge is -2.14. The Balaban J connectivity index is 1.87. The highest BCUT2D eigenvalue weighted by atomic mass is 35.5. The van der Waals surface area contributed by atoms with E-state index in [9.17, 15) is 4.79 Å². The summed E-state index contributed by atoms with van der Waals surface area (Å²) in [5.74, 6) is 0.391. The molecule has 0 atom stereocenters. The molecule has 0 bridgehead atoms. The maximum Gasteiger partial charge on any atom is 0.243 e. The van der Waals surface area contributed by atoms with Crippen molar-refractivity contribution in [2.75, 3.05) is 10.7 Å². The second kappa shape index (κ2) is 6.98. The quantitative estimate of drug-likeness (QED) is 0.619. The van der Waals surface area contributed by atoms with Crippen LogP contribution < -0.4 is 4.90 Å². The van der Waals surface area contributed by atoms with Crippen molar-refractivity contribution in [1.82, 2.24) is 0 Å². The largest absolute Gasteiger partial charge is 0.273 e. The first-order chi connectivity index (χ1) is 11.1. The molecule has 0 N–H and O–H groups in total. The van der Waals surface area contributed by atoms with E-state index in [-0.39, 0.29) is 5.91 Å². The molecular formula is C17H14ClN3OS. The summed E-state index contributed by atoms with van der Waals surface area (Å²) < 4.78 is 0. The lowest BCUT2D eigenvalue weighted by molar-refractivity contribution is -0.115. The van der Waals surface area contributed by atoms with Gasteiger partial charge in [-0.1, -0.05) is 53.7 Å². The fraction of sp³-hybridized carbons (Fsp3) is 0.118. The molecule has 1 aliphatic heterocycles. The van der Waals surface area contributed by atoms with Crippen molar-refractivity contribution in [3.8, 4) is 0 Å². The summed E-state index contributed by atoms with van der Waals surface area (Å²) in [6, 6.07) is 16.9. The number of carbonyl (C=O) groups excluding carboxylic acids is 1. The maximum atomic E-state index is 12.1. The van der Waals surface area contributed by atoms with Crippen molar-refractivity contribution in [2.24, 2.45) is 10.2 Å². The Morgan fingerprint density at radius 1 is 1.13 bits per heavy atom. The molecule has 0 aromatic heterocycles. The Hall–Kier alpha value is -2.11. The number of hydrogen-bond acceptors (Lipinski definition) is 4. The molecule has 4 nitrogen and oxygen atoms in total. The molecule has 1 saturated heterocycles. The van der Waals surface area contributed by atoms with Gasteiger partial charge in [0.05, 0.1) is 17.2 Å². The number of amides is 1. The number of hydrogen-bond donors (Lipinski definition) is 0. The summed E-state index contributed by atoms with van der Waals surface area (Å²) >= 11 is 7.28. The molecule has 0 unspecified atom stereocenters. The van der Waals surface area contributed by atoms with Gasteiger partial charge in [-0.3, -0.25) is 9.69 Å². The van der Waals surface area contributed by atoms with Gasteiger partial charge < -0.3 is 0 Å². The van der Waals surface area contributed by atoms with E-state index in [1.54, 1.807) is 4.90 Å². The molecule has 0 aliphatic carbocycles. The Labute approximate surface area is 143 Å². The zero-order chi connectivity index (χ0) is 16.2. The molecule has 2 aromatic rings. The van der Waals surface area contributed by atoms with Crippen molar-refractivity contribution >= 4 is 45.8 Å². The van der Waals surface area contributed by atoms with Gasteiger partial charge in [-0.15, -0.1) is 5.10 Å². The van der Waals surface area contributed by atoms with Crippen molar-refractivity contribution < 1.29 is 4.79 Å². The minimum atomic E-state index is 0.0132. The number of carbonyl (C=O) groups is 1. The average Bonchev–Trinajstić information content (AvgIpc) is 2.95. The van der Waals surface area contributed by atoms with E-state index in [1.807, 2.05) is 61.5 Å². The van der Waals surface area contributed by atoms with Crippen LogP contribution in [0, 0.1) is 0 Å². The normalized spacial score (nSPS) is 17.1. The number of anilines is 1. The van der Waals surface area contributed by atoms with E-state index >= 15 is 0 Å². The zero-order valence-corrected chi connectivity index (χ0v) is 14.0. The van der Waals surface area contributed by atoms with Crippen molar-refractivity contribution in [2.45, 2.75) is 6.92 Å². The fourth-order valence-electron chi connectivity index (χ4n) is 2.13. The first-order valence-electron chi connectivity index (χ1n) is 7.04. The van der Waals surface area contributed by atoms with Crippen molar-refractivity contribution in [3.63, 3.8) is 0 Å². The van der Waals surface area contributed by atoms with Gasteiger partial charge in [0.1, 0.15) is 0 Å². The van der Waals surface area contributed by atoms with Crippen LogP contribution in [-0.4, -0.2) is 22.5 Å². The van der Waals surface area contributed by atoms with Gasteiger partial charge in [0.25, 0.3) is 0 Å². The number of nitrogens with zero attached hydrogens (tertiary/aromatic N) is 3. The number of rotatable bonds is 3. The van der Waals surface area contributed by atoms with Gasteiger partial charge >= 0.3 is 0 Å². The summed E-state index contributed by atoms with van der Waals surface area (Å²) in [7, 11) is 0. The predicted octanol–water partition coefficient (Wildman–Crippen LogP) is 4.20. The first-order valence-corrected chi connectivity index (χ1v) is 8.40. The van der Waals surface area contributed by atoms with Gasteiger partial charge in [-0.05, 0) is 36.8 Å². The van der Waals surface area contributed by atoms with Gasteiger partial charge in [-0.2, -0.15) is 5.10 Å². The lowest BCUT2D eigenvalue weighted by Crippen LogP contribution is -2.28. The molecule has 2 aromatic carbocycles. The molecule has 0 radical (unpaired) electrons. The highest BCUT2D eigenvalue weighted by Gasteiger charge is 2.29. The van der Waals surface area contributed by atoms with Crippen LogP contribution in [0.3, 0.4) is 0 Å². The molecule has 6 heteroatoms. The SMILES string of the molecule is CC(=NN=C1SCC(=O)N1c1ccccc1)c1ccc(Cl)cc1. The second-order valence-electron chi connectivity index (χ2n) is 4.93. The second-order valence-corrected chi connectivity index (χ2v) is 6.31.